The minimum Gasteiger partial charge on any atom is -0.351 e. The van der Waals surface area contributed by atoms with Crippen LogP contribution >= 0.6 is 0 Å². The number of amides is 1. The van der Waals surface area contributed by atoms with Gasteiger partial charge in [-0.3, -0.25) is 9.78 Å². The molecule has 0 spiro atoms. The summed E-state index contributed by atoms with van der Waals surface area (Å²) in [6, 6.07) is 9.72. The van der Waals surface area contributed by atoms with Crippen LogP contribution in [0, 0.1) is 0 Å². The summed E-state index contributed by atoms with van der Waals surface area (Å²) in [7, 11) is 0. The monoisotopic (exact) mass is 271 g/mol. The Labute approximate surface area is 119 Å². The fraction of sp³-hybridized carbons (Fsp3) is 0.375. The molecule has 0 atom stereocenters. The number of fused-ring (bicyclic) bond motifs is 1. The second kappa shape index (κ2) is 7.60. The van der Waals surface area contributed by atoms with Gasteiger partial charge >= 0.3 is 0 Å². The number of aromatic nitrogens is 1. The fourth-order valence-electron chi connectivity index (χ4n) is 2.21. The largest absolute Gasteiger partial charge is 0.351 e. The molecule has 0 aliphatic carbocycles. The van der Waals surface area contributed by atoms with Gasteiger partial charge in [0.1, 0.15) is 5.69 Å². The molecule has 0 fully saturated rings. The van der Waals surface area contributed by atoms with E-state index in [1.54, 1.807) is 6.20 Å². The van der Waals surface area contributed by atoms with Crippen molar-refractivity contribution in [1.29, 1.82) is 0 Å². The highest BCUT2D eigenvalue weighted by Gasteiger charge is 2.10. The molecular formula is C16H21N3O. The first-order valence-corrected chi connectivity index (χ1v) is 7.15. The molecule has 1 amide bonds. The van der Waals surface area contributed by atoms with Crippen molar-refractivity contribution in [2.45, 2.75) is 25.7 Å². The summed E-state index contributed by atoms with van der Waals surface area (Å²) in [6.07, 6.45) is 5.94. The van der Waals surface area contributed by atoms with Crippen LogP contribution in [0.5, 0.6) is 0 Å². The van der Waals surface area contributed by atoms with E-state index in [9.17, 15) is 4.79 Å². The Bertz CT molecular complexity index is 563. The van der Waals surface area contributed by atoms with Gasteiger partial charge in [-0.2, -0.15) is 0 Å². The Morgan fingerprint density at radius 1 is 1.10 bits per heavy atom. The maximum absolute atomic E-state index is 12.2. The second-order valence-electron chi connectivity index (χ2n) is 4.84. The lowest BCUT2D eigenvalue weighted by Crippen LogP contribution is -2.25. The molecule has 4 heteroatoms. The van der Waals surface area contributed by atoms with Crippen LogP contribution in [0.2, 0.25) is 0 Å². The Kier molecular flexibility index (Phi) is 5.50. The van der Waals surface area contributed by atoms with Gasteiger partial charge in [0.05, 0.1) is 0 Å². The van der Waals surface area contributed by atoms with E-state index in [-0.39, 0.29) is 5.91 Å². The number of carbonyl (C=O) groups is 1. The second-order valence-corrected chi connectivity index (χ2v) is 4.84. The summed E-state index contributed by atoms with van der Waals surface area (Å²) in [5, 5.41) is 4.87. The highest BCUT2D eigenvalue weighted by atomic mass is 16.1. The van der Waals surface area contributed by atoms with Crippen molar-refractivity contribution in [1.82, 2.24) is 10.3 Å². The van der Waals surface area contributed by atoms with E-state index in [1.165, 1.54) is 0 Å². The molecule has 3 N–H and O–H groups in total. The molecule has 2 aromatic rings. The quantitative estimate of drug-likeness (QED) is 0.760. The molecule has 0 aliphatic rings. The van der Waals surface area contributed by atoms with Crippen molar-refractivity contribution in [2.24, 2.45) is 5.73 Å². The van der Waals surface area contributed by atoms with Gasteiger partial charge < -0.3 is 11.1 Å². The zero-order valence-corrected chi connectivity index (χ0v) is 11.6. The highest BCUT2D eigenvalue weighted by Crippen LogP contribution is 2.16. The molecule has 2 rings (SSSR count). The van der Waals surface area contributed by atoms with Crippen molar-refractivity contribution in [3.8, 4) is 0 Å². The number of benzene rings is 1. The summed E-state index contributed by atoms with van der Waals surface area (Å²) in [5.74, 6) is -0.0966. The Balaban J connectivity index is 1.91. The average Bonchev–Trinajstić information content (AvgIpc) is 2.50. The normalized spacial score (nSPS) is 10.7. The van der Waals surface area contributed by atoms with E-state index < -0.39 is 0 Å². The van der Waals surface area contributed by atoms with Crippen LogP contribution in [0.1, 0.15) is 36.2 Å². The van der Waals surface area contributed by atoms with Gasteiger partial charge in [0.15, 0.2) is 0 Å². The van der Waals surface area contributed by atoms with E-state index in [1.807, 2.05) is 30.3 Å². The number of nitrogens with two attached hydrogens (primary N) is 1. The average molecular weight is 271 g/mol. The first-order chi connectivity index (χ1) is 9.83. The molecule has 0 aliphatic heterocycles. The van der Waals surface area contributed by atoms with Crippen LogP contribution in [-0.4, -0.2) is 24.0 Å². The van der Waals surface area contributed by atoms with Crippen LogP contribution in [-0.2, 0) is 0 Å². The number of hydrogen-bond donors (Lipinski definition) is 2. The van der Waals surface area contributed by atoms with Crippen molar-refractivity contribution in [3.05, 3.63) is 42.2 Å². The maximum atomic E-state index is 12.2. The van der Waals surface area contributed by atoms with Crippen molar-refractivity contribution >= 4 is 16.7 Å². The Morgan fingerprint density at radius 3 is 2.75 bits per heavy atom. The zero-order chi connectivity index (χ0) is 14.2. The molecular weight excluding hydrogens is 250 g/mol. The molecule has 0 saturated carbocycles. The topological polar surface area (TPSA) is 68.0 Å². The number of unbranched alkanes of at least 4 members (excludes halogenated alkanes) is 3. The van der Waals surface area contributed by atoms with Crippen LogP contribution in [0.4, 0.5) is 0 Å². The molecule has 0 radical (unpaired) electrons. The van der Waals surface area contributed by atoms with E-state index in [0.717, 1.165) is 43.0 Å². The van der Waals surface area contributed by atoms with E-state index in [4.69, 9.17) is 5.73 Å². The molecule has 1 aromatic carbocycles. The lowest BCUT2D eigenvalue weighted by atomic mass is 10.1. The predicted molar refractivity (Wildman–Crippen MR) is 81.6 cm³/mol. The lowest BCUT2D eigenvalue weighted by Gasteiger charge is -2.07. The number of pyridine rings is 1. The number of carbonyl (C=O) groups excluding carboxylic acids is 1. The summed E-state index contributed by atoms with van der Waals surface area (Å²) < 4.78 is 0. The van der Waals surface area contributed by atoms with Gasteiger partial charge in [-0.05, 0) is 30.8 Å². The van der Waals surface area contributed by atoms with Crippen molar-refractivity contribution in [3.63, 3.8) is 0 Å². The lowest BCUT2D eigenvalue weighted by molar-refractivity contribution is 0.0950. The van der Waals surface area contributed by atoms with Gasteiger partial charge in [0, 0.05) is 18.1 Å². The van der Waals surface area contributed by atoms with Crippen LogP contribution in [0.3, 0.4) is 0 Å². The van der Waals surface area contributed by atoms with Crippen molar-refractivity contribution in [2.75, 3.05) is 13.1 Å². The van der Waals surface area contributed by atoms with Gasteiger partial charge in [-0.25, -0.2) is 0 Å². The first kappa shape index (κ1) is 14.5. The SMILES string of the molecule is NCCCCCCNC(=O)c1nccc2ccccc12. The Hall–Kier alpha value is -1.94. The Morgan fingerprint density at radius 2 is 1.90 bits per heavy atom. The number of nitrogens with zero attached hydrogens (tertiary/aromatic N) is 1. The predicted octanol–water partition coefficient (Wildman–Crippen LogP) is 2.48. The van der Waals surface area contributed by atoms with Gasteiger partial charge in [-0.15, -0.1) is 0 Å². The van der Waals surface area contributed by atoms with E-state index in [2.05, 4.69) is 10.3 Å². The molecule has 106 valence electrons. The maximum Gasteiger partial charge on any atom is 0.270 e. The van der Waals surface area contributed by atoms with E-state index in [0.29, 0.717) is 12.2 Å². The van der Waals surface area contributed by atoms with Crippen LogP contribution < -0.4 is 11.1 Å². The standard InChI is InChI=1S/C16H21N3O/c17-10-5-1-2-6-11-19-16(20)15-14-8-4-3-7-13(14)9-12-18-15/h3-4,7-9,12H,1-2,5-6,10-11,17H2,(H,19,20). The van der Waals surface area contributed by atoms with E-state index >= 15 is 0 Å². The molecule has 1 heterocycles. The summed E-state index contributed by atoms with van der Waals surface area (Å²) in [5.41, 5.74) is 5.95. The van der Waals surface area contributed by atoms with Gasteiger partial charge in [-0.1, -0.05) is 37.1 Å². The summed E-state index contributed by atoms with van der Waals surface area (Å²) in [6.45, 7) is 1.43. The molecule has 20 heavy (non-hydrogen) atoms. The smallest absolute Gasteiger partial charge is 0.270 e. The summed E-state index contributed by atoms with van der Waals surface area (Å²) in [4.78, 5) is 16.4. The number of rotatable bonds is 7. The minimum absolute atomic E-state index is 0.0966. The number of hydrogen-bond acceptors (Lipinski definition) is 3. The third-order valence-electron chi connectivity index (χ3n) is 3.31. The van der Waals surface area contributed by atoms with Crippen LogP contribution in [0.15, 0.2) is 36.5 Å². The van der Waals surface area contributed by atoms with Gasteiger partial charge in [0.2, 0.25) is 0 Å². The third-order valence-corrected chi connectivity index (χ3v) is 3.31. The molecule has 0 bridgehead atoms. The molecule has 0 unspecified atom stereocenters. The molecule has 1 aromatic heterocycles. The highest BCUT2D eigenvalue weighted by molar-refractivity contribution is 6.05. The van der Waals surface area contributed by atoms with Gasteiger partial charge in [0.25, 0.3) is 5.91 Å². The third kappa shape index (κ3) is 3.78. The molecule has 0 saturated heterocycles. The zero-order valence-electron chi connectivity index (χ0n) is 11.6. The summed E-state index contributed by atoms with van der Waals surface area (Å²) >= 11 is 0. The first-order valence-electron chi connectivity index (χ1n) is 7.15. The van der Waals surface area contributed by atoms with Crippen molar-refractivity contribution < 1.29 is 4.79 Å². The molecule has 4 nitrogen and oxygen atoms in total. The minimum atomic E-state index is -0.0966. The number of nitrogens with one attached hydrogen (secondary N) is 1. The fourth-order valence-corrected chi connectivity index (χ4v) is 2.21. The van der Waals surface area contributed by atoms with Crippen LogP contribution in [0.25, 0.3) is 10.8 Å².